The predicted octanol–water partition coefficient (Wildman–Crippen LogP) is 2.63. The maximum Gasteiger partial charge on any atom is 0.337 e. The summed E-state index contributed by atoms with van der Waals surface area (Å²) >= 11 is 0. The van der Waals surface area contributed by atoms with Crippen LogP contribution in [0.5, 0.6) is 5.75 Å². The van der Waals surface area contributed by atoms with Crippen molar-refractivity contribution >= 4 is 21.9 Å². The highest BCUT2D eigenvalue weighted by Gasteiger charge is 2.32. The quantitative estimate of drug-likeness (QED) is 0.561. The summed E-state index contributed by atoms with van der Waals surface area (Å²) in [5.41, 5.74) is 1.48. The second-order valence-corrected chi connectivity index (χ2v) is 9.75. The van der Waals surface area contributed by atoms with E-state index >= 15 is 0 Å². The Balaban J connectivity index is 1.46. The van der Waals surface area contributed by atoms with Crippen LogP contribution in [0.2, 0.25) is 0 Å². The van der Waals surface area contributed by atoms with Crippen molar-refractivity contribution in [1.82, 2.24) is 9.62 Å². The standard InChI is InChI=1S/C24H30N2O6S/c1-3-32-21-8-10-22(11-9-21)33(29,30)26-16-13-19(14-17-26)23(27)25-15-12-18-4-6-20(7-5-18)24(28)31-2/h4-11,19H,3,12-17H2,1-2H3,(H,25,27). The lowest BCUT2D eigenvalue weighted by atomic mass is 9.97. The van der Waals surface area contributed by atoms with Crippen LogP contribution < -0.4 is 10.1 Å². The van der Waals surface area contributed by atoms with Gasteiger partial charge >= 0.3 is 5.97 Å². The number of hydrogen-bond donors (Lipinski definition) is 1. The van der Waals surface area contributed by atoms with Gasteiger partial charge in [-0.05, 0) is 68.1 Å². The molecule has 3 rings (SSSR count). The monoisotopic (exact) mass is 474 g/mol. The highest BCUT2D eigenvalue weighted by atomic mass is 32.2. The number of amides is 1. The number of nitrogens with one attached hydrogen (secondary N) is 1. The number of piperidine rings is 1. The topological polar surface area (TPSA) is 102 Å². The van der Waals surface area contributed by atoms with Crippen molar-refractivity contribution < 1.29 is 27.5 Å². The highest BCUT2D eigenvalue weighted by molar-refractivity contribution is 7.89. The van der Waals surface area contributed by atoms with Gasteiger partial charge in [0.15, 0.2) is 0 Å². The summed E-state index contributed by atoms with van der Waals surface area (Å²) in [6.45, 7) is 3.48. The van der Waals surface area contributed by atoms with Gasteiger partial charge in [0.25, 0.3) is 0 Å². The summed E-state index contributed by atoms with van der Waals surface area (Å²) in [5, 5.41) is 2.94. The second kappa shape index (κ2) is 11.3. The molecule has 9 heteroatoms. The second-order valence-electron chi connectivity index (χ2n) is 7.81. The smallest absolute Gasteiger partial charge is 0.337 e. The maximum atomic E-state index is 12.9. The molecule has 1 aliphatic rings. The highest BCUT2D eigenvalue weighted by Crippen LogP contribution is 2.25. The van der Waals surface area contributed by atoms with Gasteiger partial charge in [0, 0.05) is 25.6 Å². The molecule has 2 aromatic carbocycles. The summed E-state index contributed by atoms with van der Waals surface area (Å²) in [7, 11) is -2.26. The van der Waals surface area contributed by atoms with Crippen molar-refractivity contribution in [2.24, 2.45) is 5.92 Å². The Hall–Kier alpha value is -2.91. The van der Waals surface area contributed by atoms with Crippen molar-refractivity contribution in [1.29, 1.82) is 0 Å². The lowest BCUT2D eigenvalue weighted by Crippen LogP contribution is -2.43. The minimum atomic E-state index is -3.59. The van der Waals surface area contributed by atoms with E-state index in [0.717, 1.165) is 5.56 Å². The van der Waals surface area contributed by atoms with Crippen LogP contribution in [-0.4, -0.2) is 58.0 Å². The van der Waals surface area contributed by atoms with Gasteiger partial charge in [-0.3, -0.25) is 4.79 Å². The van der Waals surface area contributed by atoms with Crippen LogP contribution in [0.3, 0.4) is 0 Å². The van der Waals surface area contributed by atoms with Gasteiger partial charge in [0.05, 0.1) is 24.2 Å². The molecular weight excluding hydrogens is 444 g/mol. The third kappa shape index (κ3) is 6.33. The molecule has 0 radical (unpaired) electrons. The van der Waals surface area contributed by atoms with E-state index in [4.69, 9.17) is 4.74 Å². The zero-order chi connectivity index (χ0) is 23.8. The maximum absolute atomic E-state index is 12.9. The number of hydrogen-bond acceptors (Lipinski definition) is 6. The number of rotatable bonds is 9. The molecule has 33 heavy (non-hydrogen) atoms. The fourth-order valence-corrected chi connectivity index (χ4v) is 5.25. The van der Waals surface area contributed by atoms with Gasteiger partial charge in [-0.25, -0.2) is 13.2 Å². The first-order valence-corrected chi connectivity index (χ1v) is 12.5. The molecule has 1 heterocycles. The van der Waals surface area contributed by atoms with Gasteiger partial charge in [0.2, 0.25) is 15.9 Å². The summed E-state index contributed by atoms with van der Waals surface area (Å²) in [6, 6.07) is 13.5. The average molecular weight is 475 g/mol. The molecular formula is C24H30N2O6S. The molecule has 1 N–H and O–H groups in total. The lowest BCUT2D eigenvalue weighted by Gasteiger charge is -2.30. The zero-order valence-corrected chi connectivity index (χ0v) is 19.8. The third-order valence-corrected chi connectivity index (χ3v) is 7.60. The van der Waals surface area contributed by atoms with Crippen LogP contribution >= 0.6 is 0 Å². The zero-order valence-electron chi connectivity index (χ0n) is 19.0. The van der Waals surface area contributed by atoms with Crippen molar-refractivity contribution in [3.8, 4) is 5.75 Å². The molecule has 0 bridgehead atoms. The molecule has 2 aromatic rings. The number of carbonyl (C=O) groups is 2. The third-order valence-electron chi connectivity index (χ3n) is 5.69. The fraction of sp³-hybridized carbons (Fsp3) is 0.417. The number of benzene rings is 2. The number of carbonyl (C=O) groups excluding carboxylic acids is 2. The Morgan fingerprint density at radius 1 is 1.03 bits per heavy atom. The summed E-state index contributed by atoms with van der Waals surface area (Å²) in [5.74, 6) is -0.0188. The first kappa shape index (κ1) is 24.7. The predicted molar refractivity (Wildman–Crippen MR) is 124 cm³/mol. The summed E-state index contributed by atoms with van der Waals surface area (Å²) in [6.07, 6.45) is 1.60. The molecule has 0 unspecified atom stereocenters. The van der Waals surface area contributed by atoms with E-state index in [1.54, 1.807) is 36.4 Å². The van der Waals surface area contributed by atoms with E-state index in [9.17, 15) is 18.0 Å². The van der Waals surface area contributed by atoms with Crippen LogP contribution in [0.25, 0.3) is 0 Å². The normalized spacial score (nSPS) is 15.1. The Bertz CT molecular complexity index is 1040. The van der Waals surface area contributed by atoms with Crippen LogP contribution in [0, 0.1) is 5.92 Å². The van der Waals surface area contributed by atoms with E-state index in [0.29, 0.717) is 56.8 Å². The Labute approximate surface area is 194 Å². The molecule has 1 aliphatic heterocycles. The number of nitrogens with zero attached hydrogens (tertiary/aromatic N) is 1. The van der Waals surface area contributed by atoms with Crippen molar-refractivity contribution in [3.63, 3.8) is 0 Å². The van der Waals surface area contributed by atoms with Crippen LogP contribution in [-0.2, 0) is 26.0 Å². The van der Waals surface area contributed by atoms with E-state index in [1.807, 2.05) is 19.1 Å². The molecule has 1 fully saturated rings. The Morgan fingerprint density at radius 3 is 2.24 bits per heavy atom. The molecule has 1 amide bonds. The molecule has 178 valence electrons. The van der Waals surface area contributed by atoms with Crippen molar-refractivity contribution in [2.45, 2.75) is 31.1 Å². The summed E-state index contributed by atoms with van der Waals surface area (Å²) in [4.78, 5) is 24.3. The van der Waals surface area contributed by atoms with Crippen LogP contribution in [0.1, 0.15) is 35.7 Å². The first-order valence-electron chi connectivity index (χ1n) is 11.0. The molecule has 8 nitrogen and oxygen atoms in total. The number of methoxy groups -OCH3 is 1. The number of sulfonamides is 1. The Morgan fingerprint density at radius 2 is 1.67 bits per heavy atom. The van der Waals surface area contributed by atoms with E-state index in [1.165, 1.54) is 11.4 Å². The van der Waals surface area contributed by atoms with Crippen molar-refractivity contribution in [3.05, 3.63) is 59.7 Å². The minimum absolute atomic E-state index is 0.0562. The van der Waals surface area contributed by atoms with Gasteiger partial charge in [-0.1, -0.05) is 12.1 Å². The van der Waals surface area contributed by atoms with Crippen LogP contribution in [0.15, 0.2) is 53.4 Å². The number of esters is 1. The minimum Gasteiger partial charge on any atom is -0.494 e. The molecule has 0 aromatic heterocycles. The van der Waals surface area contributed by atoms with E-state index < -0.39 is 10.0 Å². The average Bonchev–Trinajstić information content (AvgIpc) is 2.84. The van der Waals surface area contributed by atoms with Crippen molar-refractivity contribution in [2.75, 3.05) is 33.4 Å². The van der Waals surface area contributed by atoms with Crippen LogP contribution in [0.4, 0.5) is 0 Å². The fourth-order valence-electron chi connectivity index (χ4n) is 3.78. The van der Waals surface area contributed by atoms with Gasteiger partial charge in [0.1, 0.15) is 5.75 Å². The van der Waals surface area contributed by atoms with E-state index in [-0.39, 0.29) is 22.7 Å². The van der Waals surface area contributed by atoms with E-state index in [2.05, 4.69) is 10.1 Å². The number of ether oxygens (including phenoxy) is 2. The largest absolute Gasteiger partial charge is 0.494 e. The molecule has 0 spiro atoms. The molecule has 0 atom stereocenters. The lowest BCUT2D eigenvalue weighted by molar-refractivity contribution is -0.126. The summed E-state index contributed by atoms with van der Waals surface area (Å²) < 4.78 is 37.3. The van der Waals surface area contributed by atoms with Gasteiger partial charge in [-0.2, -0.15) is 4.31 Å². The van der Waals surface area contributed by atoms with Gasteiger partial charge < -0.3 is 14.8 Å². The first-order chi connectivity index (χ1) is 15.8. The molecule has 0 saturated carbocycles. The van der Waals surface area contributed by atoms with Gasteiger partial charge in [-0.15, -0.1) is 0 Å². The molecule has 0 aliphatic carbocycles. The SMILES string of the molecule is CCOc1ccc(S(=O)(=O)N2CCC(C(=O)NCCc3ccc(C(=O)OC)cc3)CC2)cc1. The molecule has 1 saturated heterocycles. The Kier molecular flexibility index (Phi) is 8.46.